The number of carbonyl (C=O) groups excluding carboxylic acids is 1. The van der Waals surface area contributed by atoms with Crippen LogP contribution in [0.1, 0.15) is 11.3 Å². The van der Waals surface area contributed by atoms with Crippen molar-refractivity contribution in [1.29, 1.82) is 0 Å². The Morgan fingerprint density at radius 3 is 3.00 bits per heavy atom. The molecule has 0 saturated carbocycles. The molecule has 5 rings (SSSR count). The van der Waals surface area contributed by atoms with Crippen LogP contribution in [0.3, 0.4) is 0 Å². The van der Waals surface area contributed by atoms with Crippen molar-refractivity contribution in [2.45, 2.75) is 18.6 Å². The average molecular weight is 502 g/mol. The standard InChI is InChI=1S/C23H21ClFN5O3S/c24-18-10-15(2-4-19(18)25)29-22-21-20(27-13-28-22)11-17(34-21)3-1-14-9-16(12-26-14)33-23(31)30-5-7-32-8-6-30/h2,4,10-11,13-14,16,26H,5-9,12H2,(H,27,28,29). The molecule has 2 atom stereocenters. The zero-order valence-electron chi connectivity index (χ0n) is 18.0. The molecule has 2 aliphatic heterocycles. The SMILES string of the molecule is O=C(OC1CNC(C#Cc2cc3ncnc(Nc4ccc(F)c(Cl)c4)c3s2)C1)N1CCOCC1. The number of benzene rings is 1. The molecular formula is C23H21ClFN5O3S. The second-order valence-electron chi connectivity index (χ2n) is 7.87. The van der Waals surface area contributed by atoms with Crippen LogP contribution >= 0.6 is 22.9 Å². The molecule has 0 radical (unpaired) electrons. The molecule has 2 aromatic heterocycles. The summed E-state index contributed by atoms with van der Waals surface area (Å²) in [6.45, 7) is 2.77. The summed E-state index contributed by atoms with van der Waals surface area (Å²) in [4.78, 5) is 23.4. The fourth-order valence-corrected chi connectivity index (χ4v) is 4.84. The summed E-state index contributed by atoms with van der Waals surface area (Å²) in [6.07, 6.45) is 1.59. The lowest BCUT2D eigenvalue weighted by Gasteiger charge is -2.27. The van der Waals surface area contributed by atoms with Crippen LogP contribution in [0.5, 0.6) is 0 Å². The zero-order chi connectivity index (χ0) is 23.5. The first-order valence-electron chi connectivity index (χ1n) is 10.8. The maximum absolute atomic E-state index is 13.4. The van der Waals surface area contributed by atoms with E-state index in [1.807, 2.05) is 6.07 Å². The highest BCUT2D eigenvalue weighted by molar-refractivity contribution is 7.20. The number of aromatic nitrogens is 2. The summed E-state index contributed by atoms with van der Waals surface area (Å²) in [5.41, 5.74) is 1.39. The summed E-state index contributed by atoms with van der Waals surface area (Å²) in [5, 5.41) is 6.50. The van der Waals surface area contributed by atoms with Crippen molar-refractivity contribution < 1.29 is 18.7 Å². The Hall–Kier alpha value is -2.97. The van der Waals surface area contributed by atoms with Crippen LogP contribution in [0.2, 0.25) is 5.02 Å². The Morgan fingerprint density at radius 1 is 1.32 bits per heavy atom. The lowest BCUT2D eigenvalue weighted by molar-refractivity contribution is 0.0156. The maximum atomic E-state index is 13.4. The average Bonchev–Trinajstić information content (AvgIpc) is 3.47. The Labute approximate surface area is 204 Å². The molecule has 1 amide bonds. The quantitative estimate of drug-likeness (QED) is 0.528. The van der Waals surface area contributed by atoms with Crippen LogP contribution in [0.15, 0.2) is 30.6 Å². The third kappa shape index (κ3) is 5.23. The van der Waals surface area contributed by atoms with E-state index in [2.05, 4.69) is 32.4 Å². The molecule has 3 aromatic rings. The van der Waals surface area contributed by atoms with Crippen molar-refractivity contribution in [2.75, 3.05) is 38.2 Å². The van der Waals surface area contributed by atoms with Gasteiger partial charge in [0, 0.05) is 31.7 Å². The number of thiophene rings is 1. The lowest BCUT2D eigenvalue weighted by Crippen LogP contribution is -2.42. The molecule has 2 unspecified atom stereocenters. The van der Waals surface area contributed by atoms with Crippen LogP contribution in [-0.4, -0.2) is 66.0 Å². The number of carbonyl (C=O) groups is 1. The summed E-state index contributed by atoms with van der Waals surface area (Å²) < 4.78 is 25.2. The maximum Gasteiger partial charge on any atom is 0.410 e. The van der Waals surface area contributed by atoms with Crippen LogP contribution in [0.4, 0.5) is 20.7 Å². The first-order chi connectivity index (χ1) is 16.5. The highest BCUT2D eigenvalue weighted by atomic mass is 35.5. The fraction of sp³-hybridized carbons (Fsp3) is 0.348. The van der Waals surface area contributed by atoms with Gasteiger partial charge in [-0.3, -0.25) is 5.32 Å². The van der Waals surface area contributed by atoms with Crippen LogP contribution in [-0.2, 0) is 9.47 Å². The van der Waals surface area contributed by atoms with Gasteiger partial charge >= 0.3 is 6.09 Å². The van der Waals surface area contributed by atoms with Gasteiger partial charge in [0.2, 0.25) is 0 Å². The van der Waals surface area contributed by atoms with Crippen molar-refractivity contribution in [2.24, 2.45) is 0 Å². The van der Waals surface area contributed by atoms with Crippen molar-refractivity contribution in [3.05, 3.63) is 46.3 Å². The number of hydrogen-bond donors (Lipinski definition) is 2. The first-order valence-corrected chi connectivity index (χ1v) is 12.0. The number of anilines is 2. The molecule has 0 aliphatic carbocycles. The molecular weight excluding hydrogens is 481 g/mol. The van der Waals surface area contributed by atoms with E-state index in [0.29, 0.717) is 50.8 Å². The summed E-state index contributed by atoms with van der Waals surface area (Å²) in [7, 11) is 0. The van der Waals surface area contributed by atoms with Crippen molar-refractivity contribution in [3.63, 3.8) is 0 Å². The van der Waals surface area contributed by atoms with Crippen LogP contribution < -0.4 is 10.6 Å². The minimum atomic E-state index is -0.479. The molecule has 2 fully saturated rings. The molecule has 4 heterocycles. The number of morpholine rings is 1. The third-order valence-corrected chi connectivity index (χ3v) is 6.83. The zero-order valence-corrected chi connectivity index (χ0v) is 19.6. The second kappa shape index (κ2) is 10.1. The predicted octanol–water partition coefficient (Wildman–Crippen LogP) is 3.78. The largest absolute Gasteiger partial charge is 0.445 e. The topological polar surface area (TPSA) is 88.6 Å². The number of rotatable bonds is 3. The van der Waals surface area contributed by atoms with E-state index in [1.165, 1.54) is 29.8 Å². The Balaban J connectivity index is 1.24. The van der Waals surface area contributed by atoms with Gasteiger partial charge in [0.15, 0.2) is 5.82 Å². The van der Waals surface area contributed by atoms with Crippen molar-refractivity contribution in [3.8, 4) is 11.8 Å². The van der Waals surface area contributed by atoms with Gasteiger partial charge in [-0.05, 0) is 24.3 Å². The number of fused-ring (bicyclic) bond motifs is 1. The third-order valence-electron chi connectivity index (χ3n) is 5.49. The fourth-order valence-electron chi connectivity index (χ4n) is 3.74. The molecule has 2 aliphatic rings. The second-order valence-corrected chi connectivity index (χ2v) is 9.33. The van der Waals surface area contributed by atoms with Gasteiger partial charge in [0.25, 0.3) is 0 Å². The Morgan fingerprint density at radius 2 is 2.18 bits per heavy atom. The molecule has 176 valence electrons. The lowest BCUT2D eigenvalue weighted by atomic mass is 10.2. The Bertz CT molecular complexity index is 1270. The number of halogens is 2. The highest BCUT2D eigenvalue weighted by Gasteiger charge is 2.28. The van der Waals surface area contributed by atoms with E-state index in [4.69, 9.17) is 21.1 Å². The smallest absolute Gasteiger partial charge is 0.410 e. The van der Waals surface area contributed by atoms with Crippen LogP contribution in [0.25, 0.3) is 10.2 Å². The minimum Gasteiger partial charge on any atom is -0.445 e. The predicted molar refractivity (Wildman–Crippen MR) is 128 cm³/mol. The monoisotopic (exact) mass is 501 g/mol. The molecule has 34 heavy (non-hydrogen) atoms. The molecule has 1 aromatic carbocycles. The number of nitrogens with one attached hydrogen (secondary N) is 2. The molecule has 2 N–H and O–H groups in total. The van der Waals surface area contributed by atoms with Gasteiger partial charge < -0.3 is 19.7 Å². The normalized spacial score (nSPS) is 20.1. The van der Waals surface area contributed by atoms with Gasteiger partial charge in [-0.25, -0.2) is 19.2 Å². The van der Waals surface area contributed by atoms with E-state index < -0.39 is 5.82 Å². The molecule has 2 saturated heterocycles. The number of nitrogens with zero attached hydrogens (tertiary/aromatic N) is 3. The molecule has 8 nitrogen and oxygen atoms in total. The van der Waals surface area contributed by atoms with E-state index in [0.717, 1.165) is 15.1 Å². The van der Waals surface area contributed by atoms with E-state index in [9.17, 15) is 9.18 Å². The number of hydrogen-bond acceptors (Lipinski definition) is 8. The molecule has 11 heteroatoms. The first kappa shape index (κ1) is 22.8. The van der Waals surface area contributed by atoms with Crippen molar-refractivity contribution >= 4 is 50.8 Å². The highest BCUT2D eigenvalue weighted by Crippen LogP contribution is 2.31. The summed E-state index contributed by atoms with van der Waals surface area (Å²) >= 11 is 7.34. The number of ether oxygens (including phenoxy) is 2. The van der Waals surface area contributed by atoms with E-state index in [1.54, 1.807) is 11.0 Å². The summed E-state index contributed by atoms with van der Waals surface area (Å²) in [5.74, 6) is 6.53. The minimum absolute atomic E-state index is 0.0334. The van der Waals surface area contributed by atoms with Gasteiger partial charge in [-0.2, -0.15) is 0 Å². The molecule has 0 bridgehead atoms. The van der Waals surface area contributed by atoms with Gasteiger partial charge in [0.1, 0.15) is 18.2 Å². The Kier molecular flexibility index (Phi) is 6.78. The van der Waals surface area contributed by atoms with Crippen LogP contribution in [0, 0.1) is 17.7 Å². The van der Waals surface area contributed by atoms with Gasteiger partial charge in [-0.1, -0.05) is 23.4 Å². The summed E-state index contributed by atoms with van der Waals surface area (Å²) in [6, 6.07) is 6.24. The number of amides is 1. The van der Waals surface area contributed by atoms with E-state index >= 15 is 0 Å². The molecule has 0 spiro atoms. The van der Waals surface area contributed by atoms with Crippen molar-refractivity contribution in [1.82, 2.24) is 20.2 Å². The van der Waals surface area contributed by atoms with Gasteiger partial charge in [0.05, 0.1) is 39.4 Å². The van der Waals surface area contributed by atoms with Gasteiger partial charge in [-0.15, -0.1) is 11.3 Å². The van der Waals surface area contributed by atoms with E-state index in [-0.39, 0.29) is 23.3 Å².